The van der Waals surface area contributed by atoms with Gasteiger partial charge in [0, 0.05) is 39.4 Å². The Balaban J connectivity index is 1.35. The molecule has 2 fully saturated rings. The van der Waals surface area contributed by atoms with Crippen LogP contribution in [0.5, 0.6) is 11.5 Å². The van der Waals surface area contributed by atoms with Gasteiger partial charge in [0.1, 0.15) is 6.10 Å². The van der Waals surface area contributed by atoms with Crippen molar-refractivity contribution in [3.05, 3.63) is 54.1 Å². The summed E-state index contributed by atoms with van der Waals surface area (Å²) < 4.78 is 62.7. The van der Waals surface area contributed by atoms with E-state index >= 15 is 0 Å². The number of aliphatic hydroxyl groups excluding tert-OH is 1. The first-order chi connectivity index (χ1) is 24.4. The third-order valence-electron chi connectivity index (χ3n) is 9.40. The molecule has 0 aromatic heterocycles. The van der Waals surface area contributed by atoms with Crippen LogP contribution in [-0.4, -0.2) is 124 Å². The molecule has 3 aliphatic heterocycles. The zero-order chi connectivity index (χ0) is 36.6. The second kappa shape index (κ2) is 17.2. The van der Waals surface area contributed by atoms with Crippen molar-refractivity contribution in [2.75, 3.05) is 59.9 Å². The van der Waals surface area contributed by atoms with E-state index < -0.39 is 52.2 Å². The Bertz CT molecular complexity index is 1580. The molecule has 0 unspecified atom stereocenters. The van der Waals surface area contributed by atoms with Crippen molar-refractivity contribution in [2.45, 2.75) is 69.0 Å². The van der Waals surface area contributed by atoms with Crippen molar-refractivity contribution in [1.29, 1.82) is 0 Å². The summed E-state index contributed by atoms with van der Waals surface area (Å²) in [6.45, 7) is 4.79. The molecule has 3 N–H and O–H groups in total. The van der Waals surface area contributed by atoms with Crippen molar-refractivity contribution in [3.8, 4) is 11.5 Å². The molecule has 2 amide bonds. The lowest BCUT2D eigenvalue weighted by Gasteiger charge is -2.35. The van der Waals surface area contributed by atoms with Crippen LogP contribution in [0.3, 0.4) is 0 Å². The van der Waals surface area contributed by atoms with Gasteiger partial charge < -0.3 is 48.9 Å². The lowest BCUT2D eigenvalue weighted by Crippen LogP contribution is -2.52. The number of hydrogen-bond donors (Lipinski definition) is 3. The number of sulfonamides is 1. The molecule has 0 aliphatic carbocycles. The van der Waals surface area contributed by atoms with E-state index in [9.17, 15) is 28.2 Å². The SMILES string of the molecule is COCCN(CCCC(C)(C)CN(C[C@@H](O)[C@H](Cc1ccccc1)NC(=O)O[C@H]1CO[C@H]2OCC[C@H]21)S(=O)(=O)c1ccc2c(c1)OCO2)C(=O)O. The van der Waals surface area contributed by atoms with Gasteiger partial charge in [0.25, 0.3) is 0 Å². The van der Waals surface area contributed by atoms with Gasteiger partial charge in [-0.15, -0.1) is 0 Å². The Morgan fingerprint density at radius 3 is 2.59 bits per heavy atom. The minimum absolute atomic E-state index is 0.0169. The number of alkyl carbamates (subject to hydrolysis) is 1. The minimum Gasteiger partial charge on any atom is -0.465 e. The fourth-order valence-electron chi connectivity index (χ4n) is 6.60. The summed E-state index contributed by atoms with van der Waals surface area (Å²) in [7, 11) is -2.74. The minimum atomic E-state index is -4.24. The number of carbonyl (C=O) groups excluding carboxylic acids is 1. The molecule has 2 aromatic rings. The van der Waals surface area contributed by atoms with Gasteiger partial charge in [-0.1, -0.05) is 44.2 Å². The maximum Gasteiger partial charge on any atom is 0.407 e. The lowest BCUT2D eigenvalue weighted by molar-refractivity contribution is -0.0907. The number of benzene rings is 2. The third kappa shape index (κ3) is 10.2. The van der Waals surface area contributed by atoms with Gasteiger partial charge in [0.15, 0.2) is 17.8 Å². The number of rotatable bonds is 18. The topological polar surface area (TPSA) is 183 Å². The van der Waals surface area contributed by atoms with Crippen LogP contribution in [-0.2, 0) is 35.4 Å². The second-order valence-corrected chi connectivity index (χ2v) is 15.8. The first-order valence-corrected chi connectivity index (χ1v) is 18.6. The quantitative estimate of drug-likeness (QED) is 0.204. The number of nitrogens with zero attached hydrogens (tertiary/aromatic N) is 2. The standard InChI is InChI=1S/C35H49N3O12S/c1-35(2,13-7-14-37(34(41)42)15-17-45-3)22-38(51(43,44)25-10-11-29-30(19-25)49-23-48-29)20-28(39)27(18-24-8-5-4-6-9-24)36-33(40)50-31-21-47-32-26(31)12-16-46-32/h4-6,8-11,19,26-28,31-32,39H,7,12-18,20-23H2,1-3H3,(H,36,40)(H,41,42)/t26-,27-,28+,31-,32+/m0/s1. The van der Waals surface area contributed by atoms with E-state index in [1.54, 1.807) is 0 Å². The summed E-state index contributed by atoms with van der Waals surface area (Å²) in [5.74, 6) is 0.629. The van der Waals surface area contributed by atoms with Crippen LogP contribution in [0.4, 0.5) is 9.59 Å². The number of nitrogens with one attached hydrogen (secondary N) is 1. The molecule has 2 aromatic carbocycles. The van der Waals surface area contributed by atoms with Gasteiger partial charge in [-0.3, -0.25) is 0 Å². The lowest BCUT2D eigenvalue weighted by atomic mass is 9.87. The monoisotopic (exact) mass is 735 g/mol. The molecule has 16 heteroatoms. The van der Waals surface area contributed by atoms with Crippen LogP contribution >= 0.6 is 0 Å². The number of carbonyl (C=O) groups is 2. The van der Waals surface area contributed by atoms with Crippen molar-refractivity contribution >= 4 is 22.2 Å². The molecule has 0 saturated carbocycles. The average Bonchev–Trinajstić information content (AvgIpc) is 3.84. The van der Waals surface area contributed by atoms with Crippen LogP contribution in [0.1, 0.15) is 38.7 Å². The zero-order valence-electron chi connectivity index (χ0n) is 29.3. The van der Waals surface area contributed by atoms with Gasteiger partial charge in [-0.2, -0.15) is 4.31 Å². The molecule has 3 heterocycles. The summed E-state index contributed by atoms with van der Waals surface area (Å²) in [5.41, 5.74) is 0.162. The Hall–Kier alpha value is -3.67. The molecule has 0 spiro atoms. The molecular formula is C35H49N3O12S. The molecule has 0 bridgehead atoms. The van der Waals surface area contributed by atoms with E-state index in [0.717, 1.165) is 5.56 Å². The van der Waals surface area contributed by atoms with Gasteiger partial charge in [0.2, 0.25) is 16.8 Å². The Morgan fingerprint density at radius 1 is 1.08 bits per heavy atom. The van der Waals surface area contributed by atoms with Gasteiger partial charge >= 0.3 is 12.2 Å². The Morgan fingerprint density at radius 2 is 1.84 bits per heavy atom. The summed E-state index contributed by atoms with van der Waals surface area (Å²) >= 11 is 0. The van der Waals surface area contributed by atoms with Crippen LogP contribution < -0.4 is 14.8 Å². The molecule has 5 rings (SSSR count). The summed E-state index contributed by atoms with van der Waals surface area (Å²) in [4.78, 5) is 26.2. The number of methoxy groups -OCH3 is 1. The molecule has 2 saturated heterocycles. The van der Waals surface area contributed by atoms with Gasteiger partial charge in [-0.05, 0) is 48.8 Å². The van der Waals surface area contributed by atoms with E-state index in [-0.39, 0.29) is 69.2 Å². The highest BCUT2D eigenvalue weighted by atomic mass is 32.2. The highest BCUT2D eigenvalue weighted by molar-refractivity contribution is 7.89. The number of hydrogen-bond acceptors (Lipinski definition) is 11. The first kappa shape index (κ1) is 38.6. The molecular weight excluding hydrogens is 686 g/mol. The predicted octanol–water partition coefficient (Wildman–Crippen LogP) is 3.30. The maximum absolute atomic E-state index is 14.4. The Kier molecular flexibility index (Phi) is 13.0. The van der Waals surface area contributed by atoms with Crippen LogP contribution in [0.15, 0.2) is 53.4 Å². The predicted molar refractivity (Wildman–Crippen MR) is 183 cm³/mol. The Labute approximate surface area is 298 Å². The fraction of sp³-hybridized carbons (Fsp3) is 0.600. The van der Waals surface area contributed by atoms with Crippen molar-refractivity contribution < 1.29 is 56.6 Å². The van der Waals surface area contributed by atoms with E-state index in [1.807, 2.05) is 44.2 Å². The van der Waals surface area contributed by atoms with Gasteiger partial charge in [0.05, 0.1) is 42.8 Å². The molecule has 0 radical (unpaired) electrons. The molecule has 15 nitrogen and oxygen atoms in total. The smallest absolute Gasteiger partial charge is 0.407 e. The van der Waals surface area contributed by atoms with Crippen molar-refractivity contribution in [1.82, 2.24) is 14.5 Å². The first-order valence-electron chi connectivity index (χ1n) is 17.2. The van der Waals surface area contributed by atoms with E-state index in [2.05, 4.69) is 5.32 Å². The number of fused-ring (bicyclic) bond motifs is 2. The summed E-state index contributed by atoms with van der Waals surface area (Å²) in [6.07, 6.45) is -2.27. The maximum atomic E-state index is 14.4. The molecule has 282 valence electrons. The van der Waals surface area contributed by atoms with Crippen molar-refractivity contribution in [3.63, 3.8) is 0 Å². The van der Waals surface area contributed by atoms with Gasteiger partial charge in [-0.25, -0.2) is 18.0 Å². The van der Waals surface area contributed by atoms with Crippen LogP contribution in [0, 0.1) is 11.3 Å². The second-order valence-electron chi connectivity index (χ2n) is 13.8. The number of ether oxygens (including phenoxy) is 6. The number of amides is 2. The fourth-order valence-corrected chi connectivity index (χ4v) is 8.26. The normalized spacial score (nSPS) is 20.9. The average molecular weight is 736 g/mol. The molecule has 5 atom stereocenters. The molecule has 3 aliphatic rings. The van der Waals surface area contributed by atoms with E-state index in [0.29, 0.717) is 31.6 Å². The third-order valence-corrected chi connectivity index (χ3v) is 11.2. The van der Waals surface area contributed by atoms with E-state index in [4.69, 9.17) is 28.4 Å². The van der Waals surface area contributed by atoms with Crippen LogP contribution in [0.2, 0.25) is 0 Å². The highest BCUT2D eigenvalue weighted by Gasteiger charge is 2.44. The molecule has 51 heavy (non-hydrogen) atoms. The number of aliphatic hydroxyl groups is 1. The largest absolute Gasteiger partial charge is 0.465 e. The highest BCUT2D eigenvalue weighted by Crippen LogP contribution is 2.36. The van der Waals surface area contributed by atoms with E-state index in [1.165, 1.54) is 34.5 Å². The summed E-state index contributed by atoms with van der Waals surface area (Å²) in [5, 5.41) is 24.2. The van der Waals surface area contributed by atoms with Crippen LogP contribution in [0.25, 0.3) is 0 Å². The number of carboxylic acid groups (broad SMARTS) is 1. The van der Waals surface area contributed by atoms with Crippen molar-refractivity contribution in [2.24, 2.45) is 11.3 Å². The zero-order valence-corrected chi connectivity index (χ0v) is 30.1. The summed E-state index contributed by atoms with van der Waals surface area (Å²) in [6, 6.07) is 12.7.